The molecule has 1 atom stereocenters. The standard InChI is InChI=1S/C24H31N3O8S/c28-12-4-13-34-20-9-7-18(8-10-20)22-25-24(17-35-22,23(31)27-26-19(15-29)16-30)11-14-36(32,33)21-5-2-1-3-6-21/h1-3,5-10,19,26,28-30H,4,11-17H2,(H,27,31)/t24-/m0/s1. The first kappa shape index (κ1) is 27.6. The number of sulfone groups is 1. The number of ether oxygens (including phenoxy) is 2. The monoisotopic (exact) mass is 521 g/mol. The van der Waals surface area contributed by atoms with E-state index in [1.807, 2.05) is 0 Å². The van der Waals surface area contributed by atoms with Crippen molar-refractivity contribution in [2.45, 2.75) is 29.3 Å². The zero-order valence-corrected chi connectivity index (χ0v) is 20.5. The molecule has 12 heteroatoms. The Morgan fingerprint density at radius 2 is 1.78 bits per heavy atom. The Kier molecular flexibility index (Phi) is 9.79. The lowest BCUT2D eigenvalue weighted by Gasteiger charge is -2.24. The molecule has 2 aromatic rings. The van der Waals surface area contributed by atoms with E-state index in [0.29, 0.717) is 24.3 Å². The number of hydrazine groups is 1. The minimum atomic E-state index is -3.70. The van der Waals surface area contributed by atoms with Crippen molar-refractivity contribution in [3.05, 3.63) is 60.2 Å². The van der Waals surface area contributed by atoms with Crippen molar-refractivity contribution >= 4 is 21.6 Å². The van der Waals surface area contributed by atoms with E-state index in [9.17, 15) is 23.4 Å². The number of carbonyl (C=O) groups excluding carboxylic acids is 1. The second kappa shape index (κ2) is 12.8. The minimum absolute atomic E-state index is 0.0269. The summed E-state index contributed by atoms with van der Waals surface area (Å²) in [6.07, 6.45) is 0.342. The number of hydrogen-bond acceptors (Lipinski definition) is 10. The molecule has 0 aliphatic carbocycles. The van der Waals surface area contributed by atoms with Gasteiger partial charge in [-0.1, -0.05) is 18.2 Å². The maximum Gasteiger partial charge on any atom is 0.265 e. The van der Waals surface area contributed by atoms with Gasteiger partial charge >= 0.3 is 0 Å². The Balaban J connectivity index is 1.82. The summed E-state index contributed by atoms with van der Waals surface area (Å²) in [5, 5.41) is 27.4. The molecule has 3 rings (SSSR count). The summed E-state index contributed by atoms with van der Waals surface area (Å²) >= 11 is 0. The molecule has 1 aliphatic rings. The maximum absolute atomic E-state index is 13.2. The highest BCUT2D eigenvalue weighted by atomic mass is 32.2. The third-order valence-electron chi connectivity index (χ3n) is 5.58. The molecule has 0 bridgehead atoms. The second-order valence-corrected chi connectivity index (χ2v) is 10.3. The molecular formula is C24H31N3O8S. The molecule has 0 radical (unpaired) electrons. The molecule has 2 aromatic carbocycles. The van der Waals surface area contributed by atoms with Gasteiger partial charge in [0, 0.05) is 18.6 Å². The number of nitrogens with one attached hydrogen (secondary N) is 2. The highest BCUT2D eigenvalue weighted by Crippen LogP contribution is 2.28. The molecule has 1 aliphatic heterocycles. The molecule has 11 nitrogen and oxygen atoms in total. The molecule has 1 amide bonds. The molecule has 5 N–H and O–H groups in total. The zero-order chi connectivity index (χ0) is 26.0. The smallest absolute Gasteiger partial charge is 0.265 e. The third kappa shape index (κ3) is 7.02. The molecular weight excluding hydrogens is 490 g/mol. The molecule has 0 aromatic heterocycles. The van der Waals surface area contributed by atoms with E-state index < -0.39 is 40.5 Å². The van der Waals surface area contributed by atoms with Crippen LogP contribution in [0.15, 0.2) is 64.5 Å². The summed E-state index contributed by atoms with van der Waals surface area (Å²) in [5.74, 6) is -0.250. The average molecular weight is 522 g/mol. The van der Waals surface area contributed by atoms with E-state index in [-0.39, 0.29) is 36.2 Å². The molecule has 0 fully saturated rings. The molecule has 196 valence electrons. The van der Waals surface area contributed by atoms with Gasteiger partial charge in [0.1, 0.15) is 12.4 Å². The Labute approximate surface area is 209 Å². The number of benzene rings is 2. The number of aliphatic hydroxyl groups is 3. The van der Waals surface area contributed by atoms with Gasteiger partial charge in [-0.2, -0.15) is 0 Å². The topological polar surface area (TPSA) is 167 Å². The summed E-state index contributed by atoms with van der Waals surface area (Å²) in [6.45, 7) is -0.660. The minimum Gasteiger partial charge on any atom is -0.494 e. The lowest BCUT2D eigenvalue weighted by molar-refractivity contribution is -0.128. The van der Waals surface area contributed by atoms with Crippen LogP contribution in [0, 0.1) is 0 Å². The van der Waals surface area contributed by atoms with Gasteiger partial charge in [-0.15, -0.1) is 0 Å². The van der Waals surface area contributed by atoms with Gasteiger partial charge in [-0.25, -0.2) is 18.8 Å². The second-order valence-electron chi connectivity index (χ2n) is 8.23. The summed E-state index contributed by atoms with van der Waals surface area (Å²) in [5.41, 5.74) is 3.96. The van der Waals surface area contributed by atoms with Crippen molar-refractivity contribution < 1.29 is 38.0 Å². The van der Waals surface area contributed by atoms with Crippen LogP contribution >= 0.6 is 0 Å². The summed E-state index contributed by atoms with van der Waals surface area (Å²) in [6, 6.07) is 13.9. The van der Waals surface area contributed by atoms with Crippen molar-refractivity contribution in [1.29, 1.82) is 0 Å². The van der Waals surface area contributed by atoms with Crippen LogP contribution in [0.25, 0.3) is 0 Å². The summed E-state index contributed by atoms with van der Waals surface area (Å²) in [7, 11) is -3.70. The van der Waals surface area contributed by atoms with Gasteiger partial charge < -0.3 is 24.8 Å². The Morgan fingerprint density at radius 1 is 1.08 bits per heavy atom. The lowest BCUT2D eigenvalue weighted by Crippen LogP contribution is -2.56. The molecule has 0 saturated carbocycles. The number of hydrogen-bond donors (Lipinski definition) is 5. The highest BCUT2D eigenvalue weighted by molar-refractivity contribution is 7.91. The van der Waals surface area contributed by atoms with E-state index in [0.717, 1.165) is 0 Å². The fourth-order valence-electron chi connectivity index (χ4n) is 3.38. The Hall–Kier alpha value is -3.03. The van der Waals surface area contributed by atoms with Gasteiger partial charge in [0.05, 0.1) is 36.5 Å². The number of nitrogens with zero attached hydrogens (tertiary/aromatic N) is 1. The van der Waals surface area contributed by atoms with Crippen LogP contribution in [0.4, 0.5) is 0 Å². The maximum atomic E-state index is 13.2. The molecule has 0 spiro atoms. The highest BCUT2D eigenvalue weighted by Gasteiger charge is 2.45. The van der Waals surface area contributed by atoms with Gasteiger partial charge in [0.25, 0.3) is 5.91 Å². The largest absolute Gasteiger partial charge is 0.494 e. The number of rotatable bonds is 14. The van der Waals surface area contributed by atoms with Gasteiger partial charge in [-0.05, 0) is 42.8 Å². The number of aliphatic imine (C=N–C) groups is 1. The van der Waals surface area contributed by atoms with Crippen molar-refractivity contribution in [3.63, 3.8) is 0 Å². The van der Waals surface area contributed by atoms with Gasteiger partial charge in [0.15, 0.2) is 15.4 Å². The number of carbonyl (C=O) groups is 1. The number of amides is 1. The lowest BCUT2D eigenvalue weighted by atomic mass is 9.98. The molecule has 0 saturated heterocycles. The van der Waals surface area contributed by atoms with Crippen LogP contribution in [0.5, 0.6) is 5.75 Å². The summed E-state index contributed by atoms with van der Waals surface area (Å²) < 4.78 is 37.0. The van der Waals surface area contributed by atoms with E-state index in [2.05, 4.69) is 15.8 Å². The van der Waals surface area contributed by atoms with Gasteiger partial charge in [0.2, 0.25) is 5.90 Å². The van der Waals surface area contributed by atoms with Crippen molar-refractivity contribution in [2.24, 2.45) is 4.99 Å². The van der Waals surface area contributed by atoms with E-state index in [1.54, 1.807) is 42.5 Å². The molecule has 36 heavy (non-hydrogen) atoms. The first-order chi connectivity index (χ1) is 17.3. The summed E-state index contributed by atoms with van der Waals surface area (Å²) in [4.78, 5) is 17.8. The fraction of sp³-hybridized carbons (Fsp3) is 0.417. The van der Waals surface area contributed by atoms with Crippen LogP contribution in [0.1, 0.15) is 18.4 Å². The zero-order valence-electron chi connectivity index (χ0n) is 19.7. The first-order valence-corrected chi connectivity index (χ1v) is 13.1. The van der Waals surface area contributed by atoms with Crippen molar-refractivity contribution in [2.75, 3.05) is 38.8 Å². The fourth-order valence-corrected chi connectivity index (χ4v) is 4.80. The van der Waals surface area contributed by atoms with Crippen LogP contribution in [0.2, 0.25) is 0 Å². The van der Waals surface area contributed by atoms with Crippen LogP contribution in [0.3, 0.4) is 0 Å². The third-order valence-corrected chi connectivity index (χ3v) is 7.31. The van der Waals surface area contributed by atoms with E-state index in [1.165, 1.54) is 12.1 Å². The molecule has 0 unspecified atom stereocenters. The van der Waals surface area contributed by atoms with Crippen LogP contribution in [-0.2, 0) is 19.4 Å². The average Bonchev–Trinajstić information content (AvgIpc) is 3.35. The predicted octanol–water partition coefficient (Wildman–Crippen LogP) is -0.199. The SMILES string of the molecule is O=C(NNC(CO)CO)[C@]1(CCS(=O)(=O)c2ccccc2)COC(c2ccc(OCCCO)cc2)=N1. The van der Waals surface area contributed by atoms with E-state index in [4.69, 9.17) is 14.6 Å². The predicted molar refractivity (Wildman–Crippen MR) is 131 cm³/mol. The Bertz CT molecular complexity index is 1120. The number of aliphatic hydroxyl groups excluding tert-OH is 3. The Morgan fingerprint density at radius 3 is 2.42 bits per heavy atom. The van der Waals surface area contributed by atoms with Crippen molar-refractivity contribution in [1.82, 2.24) is 10.9 Å². The quantitative estimate of drug-likeness (QED) is 0.167. The van der Waals surface area contributed by atoms with Crippen LogP contribution < -0.4 is 15.6 Å². The molecule has 1 heterocycles. The van der Waals surface area contributed by atoms with Crippen LogP contribution in [-0.4, -0.2) is 85.9 Å². The van der Waals surface area contributed by atoms with Crippen molar-refractivity contribution in [3.8, 4) is 5.75 Å². The van der Waals surface area contributed by atoms with Gasteiger partial charge in [-0.3, -0.25) is 10.2 Å². The normalized spacial score (nSPS) is 17.5. The first-order valence-electron chi connectivity index (χ1n) is 11.5. The van der Waals surface area contributed by atoms with E-state index >= 15 is 0 Å².